The molecule has 0 saturated carbocycles. The first kappa shape index (κ1) is 17.5. The topological polar surface area (TPSA) is 59.4 Å². The first-order chi connectivity index (χ1) is 12.1. The lowest BCUT2D eigenvalue weighted by Gasteiger charge is -2.19. The number of aromatic nitrogens is 2. The van der Waals surface area contributed by atoms with Crippen LogP contribution in [0, 0.1) is 5.92 Å². The Balaban J connectivity index is 1.89. The van der Waals surface area contributed by atoms with Crippen molar-refractivity contribution in [1.29, 1.82) is 0 Å². The van der Waals surface area contributed by atoms with Gasteiger partial charge in [-0.25, -0.2) is 4.68 Å². The molecule has 0 unspecified atom stereocenters. The van der Waals surface area contributed by atoms with E-state index in [1.54, 1.807) is 10.9 Å². The van der Waals surface area contributed by atoms with E-state index in [1.807, 2.05) is 35.2 Å². The van der Waals surface area contributed by atoms with Gasteiger partial charge in [-0.15, -0.1) is 0 Å². The third-order valence-electron chi connectivity index (χ3n) is 4.10. The van der Waals surface area contributed by atoms with E-state index >= 15 is 0 Å². The van der Waals surface area contributed by atoms with Crippen molar-refractivity contribution in [2.45, 2.75) is 20.3 Å². The average molecular weight is 342 g/mol. The van der Waals surface area contributed by atoms with Gasteiger partial charge in [0.05, 0.1) is 18.5 Å². The molecule has 0 bridgehead atoms. The summed E-state index contributed by atoms with van der Waals surface area (Å²) in [5.74, 6) is 0.877. The van der Waals surface area contributed by atoms with Gasteiger partial charge < -0.3 is 15.0 Å². The second-order valence-corrected chi connectivity index (χ2v) is 6.72. The molecule has 6 nitrogen and oxygen atoms in total. The van der Waals surface area contributed by atoms with E-state index in [9.17, 15) is 4.79 Å². The van der Waals surface area contributed by atoms with Crippen molar-refractivity contribution in [3.8, 4) is 11.4 Å². The summed E-state index contributed by atoms with van der Waals surface area (Å²) in [6, 6.07) is 9.79. The molecular formula is C19H26N4O2. The minimum atomic E-state index is -0.0582. The molecule has 1 N–H and O–H groups in total. The van der Waals surface area contributed by atoms with Crippen LogP contribution in [0.25, 0.3) is 5.69 Å². The highest BCUT2D eigenvalue weighted by Gasteiger charge is 2.25. The van der Waals surface area contributed by atoms with Crippen LogP contribution in [0.4, 0.5) is 0 Å². The number of nitrogens with one attached hydrogen (secondary N) is 1. The smallest absolute Gasteiger partial charge is 0.278 e. The number of amides is 1. The van der Waals surface area contributed by atoms with E-state index < -0.39 is 0 Å². The van der Waals surface area contributed by atoms with Gasteiger partial charge in [0, 0.05) is 19.6 Å². The van der Waals surface area contributed by atoms with Crippen molar-refractivity contribution in [3.05, 3.63) is 42.2 Å². The van der Waals surface area contributed by atoms with Crippen LogP contribution in [0.3, 0.4) is 0 Å². The number of ether oxygens (including phenoxy) is 1. The Morgan fingerprint density at radius 3 is 2.80 bits per heavy atom. The molecule has 0 aliphatic carbocycles. The molecule has 0 radical (unpaired) electrons. The molecule has 1 aromatic heterocycles. The molecule has 1 amide bonds. The molecule has 2 heterocycles. The molecule has 0 atom stereocenters. The zero-order valence-corrected chi connectivity index (χ0v) is 14.9. The lowest BCUT2D eigenvalue weighted by molar-refractivity contribution is 0.0755. The standard InChI is InChI=1S/C19H26N4O2/c1-15(2)14-25-17-13-23(16-7-4-3-5-8-16)21-18(17)19(24)22-11-6-9-20-10-12-22/h3-5,7-8,13,15,20H,6,9-12,14H2,1-2H3. The summed E-state index contributed by atoms with van der Waals surface area (Å²) >= 11 is 0. The minimum absolute atomic E-state index is 0.0582. The Morgan fingerprint density at radius 2 is 2.04 bits per heavy atom. The molecule has 0 spiro atoms. The SMILES string of the molecule is CC(C)COc1cn(-c2ccccc2)nc1C(=O)N1CCCNCC1. The summed E-state index contributed by atoms with van der Waals surface area (Å²) < 4.78 is 7.62. The van der Waals surface area contributed by atoms with Gasteiger partial charge >= 0.3 is 0 Å². The van der Waals surface area contributed by atoms with Crippen molar-refractivity contribution in [1.82, 2.24) is 20.0 Å². The summed E-state index contributed by atoms with van der Waals surface area (Å²) in [4.78, 5) is 14.9. The first-order valence-electron chi connectivity index (χ1n) is 8.93. The average Bonchev–Trinajstić information content (AvgIpc) is 2.86. The summed E-state index contributed by atoms with van der Waals surface area (Å²) in [6.07, 6.45) is 2.76. The number of rotatable bonds is 5. The van der Waals surface area contributed by atoms with E-state index in [2.05, 4.69) is 24.3 Å². The highest BCUT2D eigenvalue weighted by atomic mass is 16.5. The number of para-hydroxylation sites is 1. The molecule has 3 rings (SSSR count). The van der Waals surface area contributed by atoms with Crippen LogP contribution in [0.2, 0.25) is 0 Å². The lowest BCUT2D eigenvalue weighted by Crippen LogP contribution is -2.34. The van der Waals surface area contributed by atoms with Gasteiger partial charge in [0.15, 0.2) is 11.4 Å². The summed E-state index contributed by atoms with van der Waals surface area (Å²) in [6.45, 7) is 7.93. The maximum Gasteiger partial charge on any atom is 0.278 e. The maximum atomic E-state index is 13.0. The molecular weight excluding hydrogens is 316 g/mol. The summed E-state index contributed by atoms with van der Waals surface area (Å²) in [5, 5.41) is 7.86. The van der Waals surface area contributed by atoms with Gasteiger partial charge in [-0.2, -0.15) is 5.10 Å². The van der Waals surface area contributed by atoms with E-state index in [4.69, 9.17) is 4.74 Å². The molecule has 1 aliphatic rings. The van der Waals surface area contributed by atoms with Gasteiger partial charge in [-0.3, -0.25) is 4.79 Å². The predicted octanol–water partition coefficient (Wildman–Crippen LogP) is 2.34. The maximum absolute atomic E-state index is 13.0. The Bertz CT molecular complexity index is 689. The summed E-state index contributed by atoms with van der Waals surface area (Å²) in [5.41, 5.74) is 1.31. The van der Waals surface area contributed by atoms with Crippen LogP contribution in [0.1, 0.15) is 30.8 Å². The zero-order valence-electron chi connectivity index (χ0n) is 14.9. The normalized spacial score (nSPS) is 15.2. The number of nitrogens with zero attached hydrogens (tertiary/aromatic N) is 3. The van der Waals surface area contributed by atoms with Crippen LogP contribution in [0.15, 0.2) is 36.5 Å². The fourth-order valence-corrected chi connectivity index (χ4v) is 2.78. The van der Waals surface area contributed by atoms with E-state index in [0.717, 1.165) is 31.7 Å². The number of hydrogen-bond acceptors (Lipinski definition) is 4. The van der Waals surface area contributed by atoms with Crippen LogP contribution < -0.4 is 10.1 Å². The first-order valence-corrected chi connectivity index (χ1v) is 8.93. The molecule has 1 aromatic carbocycles. The third kappa shape index (κ3) is 4.39. The van der Waals surface area contributed by atoms with Gasteiger partial charge in [0.1, 0.15) is 0 Å². The Kier molecular flexibility index (Phi) is 5.71. The molecule has 1 aliphatic heterocycles. The molecule has 1 fully saturated rings. The van der Waals surface area contributed by atoms with Crippen molar-refractivity contribution >= 4 is 5.91 Å². The highest BCUT2D eigenvalue weighted by Crippen LogP contribution is 2.22. The molecule has 2 aromatic rings. The largest absolute Gasteiger partial charge is 0.489 e. The van der Waals surface area contributed by atoms with Crippen molar-refractivity contribution < 1.29 is 9.53 Å². The molecule has 6 heteroatoms. The van der Waals surface area contributed by atoms with E-state index in [1.165, 1.54) is 0 Å². The summed E-state index contributed by atoms with van der Waals surface area (Å²) in [7, 11) is 0. The van der Waals surface area contributed by atoms with Crippen molar-refractivity contribution in [2.24, 2.45) is 5.92 Å². The van der Waals surface area contributed by atoms with Crippen LogP contribution in [-0.2, 0) is 0 Å². The van der Waals surface area contributed by atoms with E-state index in [0.29, 0.717) is 30.5 Å². The van der Waals surface area contributed by atoms with Gasteiger partial charge in [0.25, 0.3) is 5.91 Å². The number of hydrogen-bond donors (Lipinski definition) is 1. The quantitative estimate of drug-likeness (QED) is 0.906. The Labute approximate surface area is 148 Å². The number of carbonyl (C=O) groups excluding carboxylic acids is 1. The zero-order chi connectivity index (χ0) is 17.6. The highest BCUT2D eigenvalue weighted by molar-refractivity contribution is 5.95. The number of carbonyl (C=O) groups is 1. The van der Waals surface area contributed by atoms with Gasteiger partial charge in [0.2, 0.25) is 0 Å². The fourth-order valence-electron chi connectivity index (χ4n) is 2.78. The second kappa shape index (κ2) is 8.16. The fraction of sp³-hybridized carbons (Fsp3) is 0.474. The minimum Gasteiger partial charge on any atom is -0.489 e. The van der Waals surface area contributed by atoms with Crippen LogP contribution in [-0.4, -0.2) is 53.4 Å². The number of benzene rings is 1. The molecule has 134 valence electrons. The molecule has 1 saturated heterocycles. The monoisotopic (exact) mass is 342 g/mol. The van der Waals surface area contributed by atoms with Crippen LogP contribution in [0.5, 0.6) is 5.75 Å². The van der Waals surface area contributed by atoms with Gasteiger partial charge in [-0.05, 0) is 31.0 Å². The van der Waals surface area contributed by atoms with Crippen molar-refractivity contribution in [2.75, 3.05) is 32.8 Å². The van der Waals surface area contributed by atoms with Crippen LogP contribution >= 0.6 is 0 Å². The van der Waals surface area contributed by atoms with Gasteiger partial charge in [-0.1, -0.05) is 32.0 Å². The third-order valence-corrected chi connectivity index (χ3v) is 4.10. The Hall–Kier alpha value is -2.34. The second-order valence-electron chi connectivity index (χ2n) is 6.72. The Morgan fingerprint density at radius 1 is 1.24 bits per heavy atom. The van der Waals surface area contributed by atoms with Crippen molar-refractivity contribution in [3.63, 3.8) is 0 Å². The van der Waals surface area contributed by atoms with E-state index in [-0.39, 0.29) is 5.91 Å². The molecule has 25 heavy (non-hydrogen) atoms. The lowest BCUT2D eigenvalue weighted by atomic mass is 10.2. The predicted molar refractivity (Wildman–Crippen MR) is 97.3 cm³/mol.